The number of carbonyl (C=O) groups excluding carboxylic acids is 3. The van der Waals surface area contributed by atoms with Crippen molar-refractivity contribution in [1.82, 2.24) is 10.6 Å². The normalized spacial score (nSPS) is 10.3. The first-order valence-corrected chi connectivity index (χ1v) is 10.6. The predicted octanol–water partition coefficient (Wildman–Crippen LogP) is 4.68. The summed E-state index contributed by atoms with van der Waals surface area (Å²) >= 11 is 11.9. The minimum Gasteiger partial charge on any atom is -0.352 e. The van der Waals surface area contributed by atoms with Crippen LogP contribution >= 0.6 is 23.2 Å². The molecule has 32 heavy (non-hydrogen) atoms. The van der Waals surface area contributed by atoms with Gasteiger partial charge in [0.2, 0.25) is 5.91 Å². The molecular formula is C24H21Cl2N3O3. The molecule has 3 N–H and O–H groups in total. The molecule has 0 atom stereocenters. The number of nitrogens with one attached hydrogen (secondary N) is 3. The molecule has 0 radical (unpaired) electrons. The van der Waals surface area contributed by atoms with E-state index in [4.69, 9.17) is 23.2 Å². The van der Waals surface area contributed by atoms with Crippen LogP contribution in [0.4, 0.5) is 5.69 Å². The zero-order valence-electron chi connectivity index (χ0n) is 17.0. The molecule has 0 unspecified atom stereocenters. The van der Waals surface area contributed by atoms with Gasteiger partial charge < -0.3 is 16.0 Å². The second-order valence-corrected chi connectivity index (χ2v) is 7.83. The quantitative estimate of drug-likeness (QED) is 0.447. The standard InChI is InChI=1S/C24H21Cl2N3O3/c25-19-12-18(13-20(26)14-19)24(32)29-21-8-6-17(7-9-21)23(31)27-11-10-22(30)28-15-16-4-2-1-3-5-16/h1-9,12-14H,10-11,15H2,(H,27,31)(H,28,30)(H,29,32). The van der Waals surface area contributed by atoms with Gasteiger partial charge in [0.1, 0.15) is 0 Å². The van der Waals surface area contributed by atoms with Crippen molar-refractivity contribution in [3.63, 3.8) is 0 Å². The molecule has 0 spiro atoms. The molecule has 3 rings (SSSR count). The lowest BCUT2D eigenvalue weighted by atomic mass is 10.1. The van der Waals surface area contributed by atoms with E-state index in [-0.39, 0.29) is 30.7 Å². The Kier molecular flexibility index (Phi) is 8.25. The van der Waals surface area contributed by atoms with Crippen molar-refractivity contribution in [2.45, 2.75) is 13.0 Å². The molecule has 3 amide bonds. The van der Waals surface area contributed by atoms with Crippen LogP contribution in [-0.4, -0.2) is 24.3 Å². The second-order valence-electron chi connectivity index (χ2n) is 6.96. The molecule has 3 aromatic carbocycles. The van der Waals surface area contributed by atoms with Crippen molar-refractivity contribution in [2.24, 2.45) is 0 Å². The summed E-state index contributed by atoms with van der Waals surface area (Å²) < 4.78 is 0. The Morgan fingerprint density at radius 3 is 2.03 bits per heavy atom. The van der Waals surface area contributed by atoms with E-state index in [2.05, 4.69) is 16.0 Å². The third-order valence-corrected chi connectivity index (χ3v) is 4.94. The molecule has 164 valence electrons. The number of benzene rings is 3. The van der Waals surface area contributed by atoms with Crippen molar-refractivity contribution >= 4 is 46.6 Å². The zero-order valence-corrected chi connectivity index (χ0v) is 18.5. The Morgan fingerprint density at radius 2 is 1.38 bits per heavy atom. The first kappa shape index (κ1) is 23.3. The molecule has 8 heteroatoms. The van der Waals surface area contributed by atoms with E-state index in [1.807, 2.05) is 30.3 Å². The maximum atomic E-state index is 12.3. The third kappa shape index (κ3) is 7.11. The number of halogens is 2. The van der Waals surface area contributed by atoms with Gasteiger partial charge in [0.15, 0.2) is 0 Å². The lowest BCUT2D eigenvalue weighted by molar-refractivity contribution is -0.121. The monoisotopic (exact) mass is 469 g/mol. The maximum absolute atomic E-state index is 12.3. The Labute approximate surface area is 195 Å². The number of rotatable bonds is 8. The van der Waals surface area contributed by atoms with Gasteiger partial charge in [-0.15, -0.1) is 0 Å². The van der Waals surface area contributed by atoms with E-state index in [9.17, 15) is 14.4 Å². The molecular weight excluding hydrogens is 449 g/mol. The highest BCUT2D eigenvalue weighted by molar-refractivity contribution is 6.35. The first-order valence-electron chi connectivity index (χ1n) is 9.87. The van der Waals surface area contributed by atoms with Crippen LogP contribution in [-0.2, 0) is 11.3 Å². The number of amides is 3. The van der Waals surface area contributed by atoms with Crippen molar-refractivity contribution < 1.29 is 14.4 Å². The largest absolute Gasteiger partial charge is 0.352 e. The van der Waals surface area contributed by atoms with Gasteiger partial charge in [-0.1, -0.05) is 53.5 Å². The molecule has 0 aromatic heterocycles. The van der Waals surface area contributed by atoms with Crippen LogP contribution in [0.2, 0.25) is 10.0 Å². The van der Waals surface area contributed by atoms with E-state index in [1.54, 1.807) is 30.3 Å². The highest BCUT2D eigenvalue weighted by Crippen LogP contribution is 2.20. The van der Waals surface area contributed by atoms with E-state index in [0.717, 1.165) is 5.56 Å². The second kappa shape index (κ2) is 11.3. The van der Waals surface area contributed by atoms with E-state index in [0.29, 0.717) is 33.4 Å². The van der Waals surface area contributed by atoms with E-state index in [1.165, 1.54) is 12.1 Å². The van der Waals surface area contributed by atoms with Gasteiger partial charge in [0, 0.05) is 46.4 Å². The zero-order chi connectivity index (χ0) is 22.9. The fraction of sp³-hybridized carbons (Fsp3) is 0.125. The lowest BCUT2D eigenvalue weighted by Gasteiger charge is -2.09. The summed E-state index contributed by atoms with van der Waals surface area (Å²) in [5.41, 5.74) is 2.27. The van der Waals surface area contributed by atoms with Crippen LogP contribution in [0.15, 0.2) is 72.8 Å². The number of anilines is 1. The van der Waals surface area contributed by atoms with Crippen LogP contribution in [0, 0.1) is 0 Å². The fourth-order valence-corrected chi connectivity index (χ4v) is 3.40. The van der Waals surface area contributed by atoms with Gasteiger partial charge in [0.25, 0.3) is 11.8 Å². The Hall–Kier alpha value is -3.35. The van der Waals surface area contributed by atoms with Gasteiger partial charge in [-0.3, -0.25) is 14.4 Å². The summed E-state index contributed by atoms with van der Waals surface area (Å²) in [7, 11) is 0. The van der Waals surface area contributed by atoms with Gasteiger partial charge in [-0.2, -0.15) is 0 Å². The minimum atomic E-state index is -0.367. The van der Waals surface area contributed by atoms with Crippen LogP contribution in [0.25, 0.3) is 0 Å². The van der Waals surface area contributed by atoms with Crippen molar-refractivity contribution in [2.75, 3.05) is 11.9 Å². The minimum absolute atomic E-state index is 0.145. The van der Waals surface area contributed by atoms with E-state index >= 15 is 0 Å². The molecule has 3 aromatic rings. The molecule has 0 aliphatic heterocycles. The van der Waals surface area contributed by atoms with Gasteiger partial charge >= 0.3 is 0 Å². The summed E-state index contributed by atoms with van der Waals surface area (Å²) in [6.45, 7) is 0.662. The molecule has 0 saturated carbocycles. The molecule has 0 aliphatic rings. The molecule has 0 bridgehead atoms. The van der Waals surface area contributed by atoms with Crippen molar-refractivity contribution in [3.8, 4) is 0 Å². The van der Waals surface area contributed by atoms with Crippen LogP contribution in [0.5, 0.6) is 0 Å². The summed E-state index contributed by atoms with van der Waals surface area (Å²) in [4.78, 5) is 36.5. The highest BCUT2D eigenvalue weighted by Gasteiger charge is 2.10. The Morgan fingerprint density at radius 1 is 0.719 bits per heavy atom. The number of carbonyl (C=O) groups is 3. The molecule has 0 aliphatic carbocycles. The molecule has 0 saturated heterocycles. The smallest absolute Gasteiger partial charge is 0.255 e. The summed E-state index contributed by atoms with van der Waals surface area (Å²) in [6.07, 6.45) is 0.176. The highest BCUT2D eigenvalue weighted by atomic mass is 35.5. The van der Waals surface area contributed by atoms with Crippen LogP contribution in [0.3, 0.4) is 0 Å². The molecule has 0 heterocycles. The Bertz CT molecular complexity index is 1080. The van der Waals surface area contributed by atoms with Crippen LogP contribution in [0.1, 0.15) is 32.7 Å². The predicted molar refractivity (Wildman–Crippen MR) is 126 cm³/mol. The average molecular weight is 470 g/mol. The summed E-state index contributed by atoms with van der Waals surface area (Å²) in [5, 5.41) is 8.97. The molecule has 0 fully saturated rings. The number of hydrogen-bond donors (Lipinski definition) is 3. The van der Waals surface area contributed by atoms with Crippen molar-refractivity contribution in [1.29, 1.82) is 0 Å². The number of hydrogen-bond acceptors (Lipinski definition) is 3. The van der Waals surface area contributed by atoms with E-state index < -0.39 is 0 Å². The van der Waals surface area contributed by atoms with Crippen molar-refractivity contribution in [3.05, 3.63) is 99.5 Å². The maximum Gasteiger partial charge on any atom is 0.255 e. The fourth-order valence-electron chi connectivity index (χ4n) is 2.87. The third-order valence-electron chi connectivity index (χ3n) is 4.50. The summed E-state index contributed by atoms with van der Waals surface area (Å²) in [5.74, 6) is -0.818. The summed E-state index contributed by atoms with van der Waals surface area (Å²) in [6, 6.07) is 20.6. The first-order chi connectivity index (χ1) is 15.4. The Balaban J connectivity index is 1.44. The van der Waals surface area contributed by atoms with Gasteiger partial charge in [-0.25, -0.2) is 0 Å². The SMILES string of the molecule is O=C(CCNC(=O)c1ccc(NC(=O)c2cc(Cl)cc(Cl)c2)cc1)NCc1ccccc1. The van der Waals surface area contributed by atoms with Gasteiger partial charge in [-0.05, 0) is 48.0 Å². The van der Waals surface area contributed by atoms with Crippen LogP contribution < -0.4 is 16.0 Å². The average Bonchev–Trinajstić information content (AvgIpc) is 2.78. The lowest BCUT2D eigenvalue weighted by Crippen LogP contribution is -2.30. The topological polar surface area (TPSA) is 87.3 Å². The van der Waals surface area contributed by atoms with Gasteiger partial charge in [0.05, 0.1) is 0 Å². The molecule has 6 nitrogen and oxygen atoms in total.